The van der Waals surface area contributed by atoms with Crippen LogP contribution in [-0.4, -0.2) is 21.9 Å². The Morgan fingerprint density at radius 3 is 2.45 bits per heavy atom. The molecule has 3 aromatic carbocycles. The molecule has 2 heterocycles. The minimum absolute atomic E-state index is 0.648. The lowest BCUT2D eigenvalue weighted by Crippen LogP contribution is -1.97. The second-order valence-corrected chi connectivity index (χ2v) is 7.52. The van der Waals surface area contributed by atoms with Gasteiger partial charge in [0, 0.05) is 32.6 Å². The van der Waals surface area contributed by atoms with E-state index in [0.29, 0.717) is 10.0 Å². The van der Waals surface area contributed by atoms with E-state index in [4.69, 9.17) is 33.0 Å². The van der Waals surface area contributed by atoms with Gasteiger partial charge in [-0.2, -0.15) is 5.10 Å². The van der Waals surface area contributed by atoms with E-state index >= 15 is 0 Å². The predicted molar refractivity (Wildman–Crippen MR) is 118 cm³/mol. The summed E-state index contributed by atoms with van der Waals surface area (Å²) in [6.07, 6.45) is 1.86. The van der Waals surface area contributed by atoms with Gasteiger partial charge < -0.3 is 4.74 Å². The first-order valence-electron chi connectivity index (χ1n) is 9.01. The summed E-state index contributed by atoms with van der Waals surface area (Å²) in [5.74, 6) is 0.763. The number of hydrogen-bond donors (Lipinski definition) is 0. The van der Waals surface area contributed by atoms with E-state index in [1.54, 1.807) is 7.11 Å². The van der Waals surface area contributed by atoms with Gasteiger partial charge in [0.2, 0.25) is 0 Å². The van der Waals surface area contributed by atoms with Gasteiger partial charge in [-0.25, -0.2) is 4.68 Å². The van der Waals surface area contributed by atoms with E-state index in [1.165, 1.54) is 0 Å². The predicted octanol–water partition coefficient (Wildman–Crippen LogP) is 6.56. The maximum atomic E-state index is 6.26. The molecule has 0 radical (unpaired) electrons. The molecule has 0 fully saturated rings. The van der Waals surface area contributed by atoms with E-state index in [1.807, 2.05) is 77.6 Å². The normalized spacial score (nSPS) is 11.3. The highest BCUT2D eigenvalue weighted by molar-refractivity contribution is 6.31. The van der Waals surface area contributed by atoms with E-state index in [9.17, 15) is 0 Å². The average molecular weight is 420 g/mol. The van der Waals surface area contributed by atoms with Crippen LogP contribution in [0.25, 0.3) is 38.8 Å². The monoisotopic (exact) mass is 419 g/mol. The number of benzene rings is 3. The highest BCUT2D eigenvalue weighted by atomic mass is 35.5. The molecule has 2 aromatic heterocycles. The molecule has 0 aliphatic carbocycles. The standard InChI is InChI=1S/C23H15Cl2N3O/c1-29-18-9-10-21-19(12-18)23-20(13-26-21)22(14-5-7-15(24)8-6-14)27-28(23)17-4-2-3-16(25)11-17/h2-13H,1H3. The second-order valence-electron chi connectivity index (χ2n) is 6.65. The summed E-state index contributed by atoms with van der Waals surface area (Å²) in [6.45, 7) is 0. The Morgan fingerprint density at radius 1 is 0.862 bits per heavy atom. The molecule has 0 amide bonds. The molecule has 0 spiro atoms. The van der Waals surface area contributed by atoms with Crippen LogP contribution in [0.4, 0.5) is 0 Å². The van der Waals surface area contributed by atoms with Crippen molar-refractivity contribution in [2.24, 2.45) is 0 Å². The first kappa shape index (κ1) is 18.0. The molecule has 29 heavy (non-hydrogen) atoms. The quantitative estimate of drug-likeness (QED) is 0.332. The smallest absolute Gasteiger partial charge is 0.119 e. The fourth-order valence-corrected chi connectivity index (χ4v) is 3.82. The fraction of sp³-hybridized carbons (Fsp3) is 0.0435. The molecule has 0 aliphatic heterocycles. The van der Waals surface area contributed by atoms with Gasteiger partial charge in [0.25, 0.3) is 0 Å². The molecule has 0 saturated heterocycles. The summed E-state index contributed by atoms with van der Waals surface area (Å²) in [6, 6.07) is 21.1. The zero-order valence-electron chi connectivity index (χ0n) is 15.4. The Bertz CT molecular complexity index is 1360. The Labute approximate surface area is 177 Å². The first-order valence-corrected chi connectivity index (χ1v) is 9.77. The van der Waals surface area contributed by atoms with Gasteiger partial charge in [-0.1, -0.05) is 41.4 Å². The zero-order chi connectivity index (χ0) is 20.0. The van der Waals surface area contributed by atoms with Crippen molar-refractivity contribution in [1.82, 2.24) is 14.8 Å². The van der Waals surface area contributed by atoms with Crippen molar-refractivity contribution in [3.8, 4) is 22.7 Å². The van der Waals surface area contributed by atoms with Crippen LogP contribution < -0.4 is 4.74 Å². The molecule has 4 nitrogen and oxygen atoms in total. The van der Waals surface area contributed by atoms with Gasteiger partial charge in [-0.05, 0) is 48.5 Å². The van der Waals surface area contributed by atoms with Gasteiger partial charge in [0.1, 0.15) is 11.4 Å². The summed E-state index contributed by atoms with van der Waals surface area (Å²) in [5, 5.41) is 8.16. The Balaban J connectivity index is 1.90. The SMILES string of the molecule is COc1ccc2ncc3c(-c4ccc(Cl)cc4)nn(-c4cccc(Cl)c4)c3c2c1. The molecule has 0 aliphatic rings. The number of pyridine rings is 1. The number of rotatable bonds is 3. The highest BCUT2D eigenvalue weighted by Crippen LogP contribution is 2.35. The van der Waals surface area contributed by atoms with E-state index in [-0.39, 0.29) is 0 Å². The third-order valence-electron chi connectivity index (χ3n) is 4.88. The van der Waals surface area contributed by atoms with Crippen molar-refractivity contribution in [2.75, 3.05) is 7.11 Å². The number of fused-ring (bicyclic) bond motifs is 3. The number of ether oxygens (including phenoxy) is 1. The lowest BCUT2D eigenvalue weighted by Gasteiger charge is -2.07. The van der Waals surface area contributed by atoms with Crippen LogP contribution in [0.3, 0.4) is 0 Å². The van der Waals surface area contributed by atoms with Crippen LogP contribution in [-0.2, 0) is 0 Å². The minimum atomic E-state index is 0.648. The number of halogens is 2. The van der Waals surface area contributed by atoms with Gasteiger partial charge in [-0.3, -0.25) is 4.98 Å². The molecular weight excluding hydrogens is 405 g/mol. The minimum Gasteiger partial charge on any atom is -0.497 e. The van der Waals surface area contributed by atoms with Crippen molar-refractivity contribution in [3.05, 3.63) is 83.0 Å². The lowest BCUT2D eigenvalue weighted by atomic mass is 10.1. The number of hydrogen-bond acceptors (Lipinski definition) is 3. The van der Waals surface area contributed by atoms with Crippen LogP contribution in [0, 0.1) is 0 Å². The summed E-state index contributed by atoms with van der Waals surface area (Å²) in [4.78, 5) is 4.65. The molecule has 0 unspecified atom stereocenters. The summed E-state index contributed by atoms with van der Waals surface area (Å²) < 4.78 is 7.36. The topological polar surface area (TPSA) is 39.9 Å². The van der Waals surface area contributed by atoms with Crippen molar-refractivity contribution in [3.63, 3.8) is 0 Å². The number of aromatic nitrogens is 3. The van der Waals surface area contributed by atoms with Crippen LogP contribution in [0.5, 0.6) is 5.75 Å². The molecule has 142 valence electrons. The van der Waals surface area contributed by atoms with Crippen molar-refractivity contribution in [1.29, 1.82) is 0 Å². The summed E-state index contributed by atoms with van der Waals surface area (Å²) >= 11 is 12.3. The van der Waals surface area contributed by atoms with Crippen LogP contribution in [0.2, 0.25) is 10.0 Å². The maximum absolute atomic E-state index is 6.26. The van der Waals surface area contributed by atoms with E-state index in [2.05, 4.69) is 4.98 Å². The molecule has 0 N–H and O–H groups in total. The molecule has 0 saturated carbocycles. The van der Waals surface area contributed by atoms with Gasteiger partial charge >= 0.3 is 0 Å². The Morgan fingerprint density at radius 2 is 1.69 bits per heavy atom. The van der Waals surface area contributed by atoms with E-state index < -0.39 is 0 Å². The van der Waals surface area contributed by atoms with Crippen molar-refractivity contribution >= 4 is 45.0 Å². The Kier molecular flexibility index (Phi) is 4.38. The van der Waals surface area contributed by atoms with Gasteiger partial charge in [0.05, 0.1) is 23.8 Å². The molecule has 5 rings (SSSR count). The third kappa shape index (κ3) is 3.11. The van der Waals surface area contributed by atoms with Gasteiger partial charge in [0.15, 0.2) is 0 Å². The lowest BCUT2D eigenvalue weighted by molar-refractivity contribution is 0.415. The largest absolute Gasteiger partial charge is 0.497 e. The fourth-order valence-electron chi connectivity index (χ4n) is 3.51. The van der Waals surface area contributed by atoms with Crippen molar-refractivity contribution in [2.45, 2.75) is 0 Å². The van der Waals surface area contributed by atoms with Crippen LogP contribution in [0.1, 0.15) is 0 Å². The maximum Gasteiger partial charge on any atom is 0.119 e. The molecule has 0 atom stereocenters. The van der Waals surface area contributed by atoms with Crippen LogP contribution >= 0.6 is 23.2 Å². The molecular formula is C23H15Cl2N3O. The number of nitrogens with zero attached hydrogens (tertiary/aromatic N) is 3. The average Bonchev–Trinajstić information content (AvgIpc) is 3.14. The third-order valence-corrected chi connectivity index (χ3v) is 5.37. The number of methoxy groups -OCH3 is 1. The van der Waals surface area contributed by atoms with E-state index in [0.717, 1.165) is 44.5 Å². The van der Waals surface area contributed by atoms with Crippen molar-refractivity contribution < 1.29 is 4.74 Å². The highest BCUT2D eigenvalue weighted by Gasteiger charge is 2.17. The van der Waals surface area contributed by atoms with Gasteiger partial charge in [-0.15, -0.1) is 0 Å². The molecule has 0 bridgehead atoms. The summed E-state index contributed by atoms with van der Waals surface area (Å²) in [7, 11) is 1.65. The molecule has 6 heteroatoms. The summed E-state index contributed by atoms with van der Waals surface area (Å²) in [5.41, 5.74) is 4.47. The second kappa shape index (κ2) is 7.07. The Hall–Kier alpha value is -3.08. The first-order chi connectivity index (χ1) is 14.1. The van der Waals surface area contributed by atoms with Crippen LogP contribution in [0.15, 0.2) is 72.9 Å². The molecule has 5 aromatic rings. The zero-order valence-corrected chi connectivity index (χ0v) is 16.9.